The van der Waals surface area contributed by atoms with E-state index in [0.29, 0.717) is 0 Å². The Kier molecular flexibility index (Phi) is 1.89. The molecule has 0 aliphatic rings. The van der Waals surface area contributed by atoms with Gasteiger partial charge in [-0.3, -0.25) is 4.98 Å². The van der Waals surface area contributed by atoms with Crippen molar-refractivity contribution in [3.63, 3.8) is 0 Å². The van der Waals surface area contributed by atoms with E-state index in [1.807, 2.05) is 25.3 Å². The van der Waals surface area contributed by atoms with E-state index in [9.17, 15) is 0 Å². The van der Waals surface area contributed by atoms with Crippen molar-refractivity contribution >= 4 is 0 Å². The Bertz CT molecular complexity index is 404. The molecule has 0 radical (unpaired) electrons. The molecule has 0 aromatic carbocycles. The number of hydrogen-bond donors (Lipinski definition) is 0. The van der Waals surface area contributed by atoms with Gasteiger partial charge in [-0.2, -0.15) is 0 Å². The Labute approximate surface area is 77.2 Å². The van der Waals surface area contributed by atoms with Crippen molar-refractivity contribution in [1.82, 2.24) is 4.98 Å². The molecule has 0 N–H and O–H groups in total. The lowest BCUT2D eigenvalue weighted by Gasteiger charge is -2.00. The Morgan fingerprint density at radius 3 is 2.77 bits per heavy atom. The molecule has 66 valence electrons. The van der Waals surface area contributed by atoms with Crippen molar-refractivity contribution in [2.24, 2.45) is 0 Å². The first kappa shape index (κ1) is 8.05. The molecule has 2 heterocycles. The fourth-order valence-corrected chi connectivity index (χ4v) is 1.22. The summed E-state index contributed by atoms with van der Waals surface area (Å²) in [5.41, 5.74) is 3.29. The fourth-order valence-electron chi connectivity index (χ4n) is 1.22. The third-order valence-electron chi connectivity index (χ3n) is 2.15. The van der Waals surface area contributed by atoms with Crippen LogP contribution in [0.5, 0.6) is 0 Å². The van der Waals surface area contributed by atoms with Crippen LogP contribution in [0.25, 0.3) is 11.3 Å². The van der Waals surface area contributed by atoms with E-state index in [1.165, 1.54) is 5.56 Å². The number of hydrogen-bond acceptors (Lipinski definition) is 2. The second kappa shape index (κ2) is 3.05. The maximum atomic E-state index is 5.27. The smallest absolute Gasteiger partial charge is 0.135 e. The number of aryl methyl sites for hydroxylation is 2. The SMILES string of the molecule is Cc1cc(-c2ccco2)cnc1C. The summed E-state index contributed by atoms with van der Waals surface area (Å²) >= 11 is 0. The van der Waals surface area contributed by atoms with E-state index in [1.54, 1.807) is 6.26 Å². The van der Waals surface area contributed by atoms with E-state index in [-0.39, 0.29) is 0 Å². The topological polar surface area (TPSA) is 26.0 Å². The van der Waals surface area contributed by atoms with Crippen molar-refractivity contribution in [3.8, 4) is 11.3 Å². The molecule has 0 unspecified atom stereocenters. The molecule has 0 fully saturated rings. The molecule has 0 aliphatic carbocycles. The van der Waals surface area contributed by atoms with Gasteiger partial charge in [-0.15, -0.1) is 0 Å². The van der Waals surface area contributed by atoms with Crippen LogP contribution >= 0.6 is 0 Å². The van der Waals surface area contributed by atoms with Crippen molar-refractivity contribution < 1.29 is 4.42 Å². The Morgan fingerprint density at radius 1 is 1.31 bits per heavy atom. The minimum absolute atomic E-state index is 0.871. The molecule has 2 rings (SSSR count). The molecule has 0 saturated heterocycles. The number of rotatable bonds is 1. The van der Waals surface area contributed by atoms with Crippen LogP contribution in [0.1, 0.15) is 11.3 Å². The maximum Gasteiger partial charge on any atom is 0.135 e. The van der Waals surface area contributed by atoms with Crippen LogP contribution in [-0.4, -0.2) is 4.98 Å². The first-order chi connectivity index (χ1) is 6.27. The fraction of sp³-hybridized carbons (Fsp3) is 0.182. The molecule has 0 aliphatic heterocycles. The summed E-state index contributed by atoms with van der Waals surface area (Å²) in [6.07, 6.45) is 3.51. The predicted octanol–water partition coefficient (Wildman–Crippen LogP) is 2.96. The Morgan fingerprint density at radius 2 is 2.15 bits per heavy atom. The number of furan rings is 1. The van der Waals surface area contributed by atoms with Crippen molar-refractivity contribution in [3.05, 3.63) is 41.9 Å². The first-order valence-corrected chi connectivity index (χ1v) is 4.24. The quantitative estimate of drug-likeness (QED) is 0.662. The highest BCUT2D eigenvalue weighted by Gasteiger charge is 2.02. The summed E-state index contributed by atoms with van der Waals surface area (Å²) in [5.74, 6) is 0.871. The molecule has 0 saturated carbocycles. The van der Waals surface area contributed by atoms with Gasteiger partial charge in [0.05, 0.1) is 6.26 Å². The molecule has 0 amide bonds. The minimum atomic E-state index is 0.871. The van der Waals surface area contributed by atoms with E-state index in [2.05, 4.69) is 18.0 Å². The zero-order chi connectivity index (χ0) is 9.26. The van der Waals surface area contributed by atoms with E-state index >= 15 is 0 Å². The van der Waals surface area contributed by atoms with Gasteiger partial charge in [0.15, 0.2) is 0 Å². The van der Waals surface area contributed by atoms with Crippen molar-refractivity contribution in [2.75, 3.05) is 0 Å². The summed E-state index contributed by atoms with van der Waals surface area (Å²) < 4.78 is 5.27. The van der Waals surface area contributed by atoms with Crippen LogP contribution in [0.2, 0.25) is 0 Å². The normalized spacial score (nSPS) is 10.3. The third-order valence-corrected chi connectivity index (χ3v) is 2.15. The monoisotopic (exact) mass is 173 g/mol. The summed E-state index contributed by atoms with van der Waals surface area (Å²) in [6, 6.07) is 5.90. The van der Waals surface area contributed by atoms with Crippen molar-refractivity contribution in [1.29, 1.82) is 0 Å². The van der Waals surface area contributed by atoms with Gasteiger partial charge in [0, 0.05) is 17.5 Å². The molecule has 2 nitrogen and oxygen atoms in total. The highest BCUT2D eigenvalue weighted by molar-refractivity contribution is 5.57. The largest absolute Gasteiger partial charge is 0.464 e. The van der Waals surface area contributed by atoms with Crippen LogP contribution in [0.15, 0.2) is 35.1 Å². The van der Waals surface area contributed by atoms with Crippen LogP contribution in [0, 0.1) is 13.8 Å². The summed E-state index contributed by atoms with van der Waals surface area (Å²) in [4.78, 5) is 4.27. The lowest BCUT2D eigenvalue weighted by molar-refractivity contribution is 0.582. The van der Waals surface area contributed by atoms with Crippen LogP contribution in [-0.2, 0) is 0 Å². The first-order valence-electron chi connectivity index (χ1n) is 4.24. The van der Waals surface area contributed by atoms with Crippen LogP contribution in [0.4, 0.5) is 0 Å². The number of nitrogens with zero attached hydrogens (tertiary/aromatic N) is 1. The summed E-state index contributed by atoms with van der Waals surface area (Å²) in [5, 5.41) is 0. The second-order valence-electron chi connectivity index (χ2n) is 3.10. The van der Waals surface area contributed by atoms with Gasteiger partial charge < -0.3 is 4.42 Å². The Balaban J connectivity index is 2.49. The zero-order valence-electron chi connectivity index (χ0n) is 7.74. The molecule has 2 aromatic heterocycles. The zero-order valence-corrected chi connectivity index (χ0v) is 7.74. The standard InChI is InChI=1S/C11H11NO/c1-8-6-10(7-12-9(8)2)11-4-3-5-13-11/h3-7H,1-2H3. The maximum absolute atomic E-state index is 5.27. The van der Waals surface area contributed by atoms with Crippen molar-refractivity contribution in [2.45, 2.75) is 13.8 Å². The summed E-state index contributed by atoms with van der Waals surface area (Å²) in [6.45, 7) is 4.05. The van der Waals surface area contributed by atoms with Gasteiger partial charge in [-0.1, -0.05) is 0 Å². The molecule has 2 aromatic rings. The number of aromatic nitrogens is 1. The van der Waals surface area contributed by atoms with Gasteiger partial charge >= 0.3 is 0 Å². The average molecular weight is 173 g/mol. The lowest BCUT2D eigenvalue weighted by Crippen LogP contribution is -1.86. The second-order valence-corrected chi connectivity index (χ2v) is 3.10. The van der Waals surface area contributed by atoms with Gasteiger partial charge in [0.1, 0.15) is 5.76 Å². The van der Waals surface area contributed by atoms with E-state index in [0.717, 1.165) is 17.0 Å². The predicted molar refractivity (Wildman–Crippen MR) is 51.4 cm³/mol. The van der Waals surface area contributed by atoms with Gasteiger partial charge in [0.2, 0.25) is 0 Å². The van der Waals surface area contributed by atoms with Gasteiger partial charge in [-0.25, -0.2) is 0 Å². The molecule has 2 heteroatoms. The minimum Gasteiger partial charge on any atom is -0.464 e. The summed E-state index contributed by atoms with van der Waals surface area (Å²) in [7, 11) is 0. The number of pyridine rings is 1. The lowest BCUT2D eigenvalue weighted by atomic mass is 10.1. The molecule has 0 bridgehead atoms. The van der Waals surface area contributed by atoms with Crippen LogP contribution < -0.4 is 0 Å². The van der Waals surface area contributed by atoms with Gasteiger partial charge in [-0.05, 0) is 37.6 Å². The Hall–Kier alpha value is -1.57. The molecular formula is C11H11NO. The molecule has 0 spiro atoms. The van der Waals surface area contributed by atoms with Crippen LogP contribution in [0.3, 0.4) is 0 Å². The highest BCUT2D eigenvalue weighted by Crippen LogP contribution is 2.20. The molecule has 0 atom stereocenters. The average Bonchev–Trinajstić information content (AvgIpc) is 2.62. The highest BCUT2D eigenvalue weighted by atomic mass is 16.3. The van der Waals surface area contributed by atoms with E-state index < -0.39 is 0 Å². The third kappa shape index (κ3) is 1.47. The van der Waals surface area contributed by atoms with E-state index in [4.69, 9.17) is 4.42 Å². The van der Waals surface area contributed by atoms with Gasteiger partial charge in [0.25, 0.3) is 0 Å². The molecule has 13 heavy (non-hydrogen) atoms. The molecular weight excluding hydrogens is 162 g/mol.